The second-order valence-corrected chi connectivity index (χ2v) is 4.97. The molecule has 1 aromatic heterocycles. The number of hydrogen-bond acceptors (Lipinski definition) is 2. The van der Waals surface area contributed by atoms with Gasteiger partial charge in [0.05, 0.1) is 0 Å². The Morgan fingerprint density at radius 1 is 1.05 bits per heavy atom. The Hall–Kier alpha value is -1.87. The lowest BCUT2D eigenvalue weighted by Crippen LogP contribution is -2.20. The third-order valence-corrected chi connectivity index (χ3v) is 3.14. The van der Waals surface area contributed by atoms with Gasteiger partial charge in [-0.1, -0.05) is 29.3 Å². The molecule has 2 aromatic rings. The van der Waals surface area contributed by atoms with Gasteiger partial charge in [-0.2, -0.15) is 0 Å². The summed E-state index contributed by atoms with van der Waals surface area (Å²) >= 11 is 0. The van der Waals surface area contributed by atoms with E-state index in [2.05, 4.69) is 32.0 Å². The normalized spacial score (nSPS) is 10.7. The number of rotatable bonds is 4. The van der Waals surface area contributed by atoms with Crippen LogP contribution >= 0.6 is 0 Å². The van der Waals surface area contributed by atoms with Crippen molar-refractivity contribution >= 4 is 0 Å². The molecule has 3 nitrogen and oxygen atoms in total. The lowest BCUT2D eigenvalue weighted by atomic mass is 10.0. The Bertz CT molecular complexity index is 609. The fraction of sp³-hybridized carbons (Fsp3) is 0.312. The van der Waals surface area contributed by atoms with Gasteiger partial charge in [-0.3, -0.25) is 4.79 Å². The SMILES string of the molecule is Cc1cc(C)cc(-c2ccc(=O)n(CCCN)c2)c1. The average Bonchev–Trinajstić information content (AvgIpc) is 2.36. The zero-order valence-corrected chi connectivity index (χ0v) is 11.5. The molecule has 19 heavy (non-hydrogen) atoms. The van der Waals surface area contributed by atoms with Crippen LogP contribution in [0.15, 0.2) is 41.3 Å². The van der Waals surface area contributed by atoms with E-state index in [9.17, 15) is 4.79 Å². The molecule has 0 aliphatic rings. The van der Waals surface area contributed by atoms with Crippen LogP contribution in [0.3, 0.4) is 0 Å². The van der Waals surface area contributed by atoms with Crippen molar-refractivity contribution in [3.63, 3.8) is 0 Å². The molecule has 0 radical (unpaired) electrons. The standard InChI is InChI=1S/C16H20N2O/c1-12-8-13(2)10-15(9-12)14-4-5-16(19)18(11-14)7-3-6-17/h4-5,8-11H,3,6-7,17H2,1-2H3. The predicted molar refractivity (Wildman–Crippen MR) is 79.3 cm³/mol. The van der Waals surface area contributed by atoms with Crippen molar-refractivity contribution in [2.24, 2.45) is 5.73 Å². The minimum absolute atomic E-state index is 0.0292. The minimum atomic E-state index is 0.0292. The highest BCUT2D eigenvalue weighted by molar-refractivity contribution is 5.64. The molecule has 0 atom stereocenters. The molecule has 0 unspecified atom stereocenters. The first-order valence-electron chi connectivity index (χ1n) is 6.59. The van der Waals surface area contributed by atoms with E-state index in [1.54, 1.807) is 10.6 Å². The topological polar surface area (TPSA) is 48.0 Å². The van der Waals surface area contributed by atoms with Gasteiger partial charge >= 0.3 is 0 Å². The van der Waals surface area contributed by atoms with Gasteiger partial charge in [0.1, 0.15) is 0 Å². The maximum atomic E-state index is 11.8. The van der Waals surface area contributed by atoms with Crippen molar-refractivity contribution in [2.45, 2.75) is 26.8 Å². The van der Waals surface area contributed by atoms with Gasteiger partial charge in [0.15, 0.2) is 0 Å². The van der Waals surface area contributed by atoms with Gasteiger partial charge in [-0.25, -0.2) is 0 Å². The maximum Gasteiger partial charge on any atom is 0.250 e. The van der Waals surface area contributed by atoms with E-state index in [1.807, 2.05) is 12.3 Å². The van der Waals surface area contributed by atoms with Crippen molar-refractivity contribution in [1.29, 1.82) is 0 Å². The number of aryl methyl sites for hydroxylation is 3. The maximum absolute atomic E-state index is 11.8. The Balaban J connectivity index is 2.42. The second-order valence-electron chi connectivity index (χ2n) is 4.97. The molecule has 0 spiro atoms. The first-order valence-corrected chi connectivity index (χ1v) is 6.59. The number of nitrogens with zero attached hydrogens (tertiary/aromatic N) is 1. The molecule has 0 saturated heterocycles. The summed E-state index contributed by atoms with van der Waals surface area (Å²) in [5.74, 6) is 0. The Morgan fingerprint density at radius 2 is 1.74 bits per heavy atom. The lowest BCUT2D eigenvalue weighted by Gasteiger charge is -2.09. The van der Waals surface area contributed by atoms with Crippen molar-refractivity contribution in [1.82, 2.24) is 4.57 Å². The molecule has 3 heteroatoms. The zero-order chi connectivity index (χ0) is 13.8. The Morgan fingerprint density at radius 3 is 2.37 bits per heavy atom. The van der Waals surface area contributed by atoms with Crippen LogP contribution in [0.1, 0.15) is 17.5 Å². The number of nitrogens with two attached hydrogens (primary N) is 1. The molecular formula is C16H20N2O. The molecule has 100 valence electrons. The van der Waals surface area contributed by atoms with Crippen LogP contribution in [0.2, 0.25) is 0 Å². The van der Waals surface area contributed by atoms with Crippen molar-refractivity contribution < 1.29 is 0 Å². The van der Waals surface area contributed by atoms with Crippen molar-refractivity contribution in [3.8, 4) is 11.1 Å². The van der Waals surface area contributed by atoms with E-state index >= 15 is 0 Å². The van der Waals surface area contributed by atoms with Gasteiger partial charge in [0.2, 0.25) is 0 Å². The number of benzene rings is 1. The highest BCUT2D eigenvalue weighted by atomic mass is 16.1. The van der Waals surface area contributed by atoms with Gasteiger partial charge < -0.3 is 10.3 Å². The van der Waals surface area contributed by atoms with Gasteiger partial charge in [0, 0.05) is 18.8 Å². The molecule has 1 aromatic carbocycles. The summed E-state index contributed by atoms with van der Waals surface area (Å²) in [6, 6.07) is 9.94. The monoisotopic (exact) mass is 256 g/mol. The fourth-order valence-electron chi connectivity index (χ4n) is 2.28. The van der Waals surface area contributed by atoms with Crippen LogP contribution < -0.4 is 11.3 Å². The van der Waals surface area contributed by atoms with Crippen LogP contribution in [0.25, 0.3) is 11.1 Å². The van der Waals surface area contributed by atoms with E-state index < -0.39 is 0 Å². The summed E-state index contributed by atoms with van der Waals surface area (Å²) in [5.41, 5.74) is 10.2. The first kappa shape index (κ1) is 13.6. The van der Waals surface area contributed by atoms with E-state index in [0.29, 0.717) is 13.1 Å². The summed E-state index contributed by atoms with van der Waals surface area (Å²) < 4.78 is 1.74. The highest BCUT2D eigenvalue weighted by Crippen LogP contribution is 2.21. The first-order chi connectivity index (χ1) is 9.10. The molecule has 0 bridgehead atoms. The van der Waals surface area contributed by atoms with Crippen molar-refractivity contribution in [3.05, 3.63) is 58.0 Å². The summed E-state index contributed by atoms with van der Waals surface area (Å²) in [7, 11) is 0. The molecule has 0 aliphatic heterocycles. The fourth-order valence-corrected chi connectivity index (χ4v) is 2.28. The quantitative estimate of drug-likeness (QED) is 0.913. The lowest BCUT2D eigenvalue weighted by molar-refractivity contribution is 0.630. The third kappa shape index (κ3) is 3.32. The molecule has 2 rings (SSSR count). The van der Waals surface area contributed by atoms with Crippen LogP contribution in [-0.2, 0) is 6.54 Å². The average molecular weight is 256 g/mol. The summed E-state index contributed by atoms with van der Waals surface area (Å²) in [6.07, 6.45) is 2.74. The van der Waals surface area contributed by atoms with Crippen LogP contribution in [-0.4, -0.2) is 11.1 Å². The van der Waals surface area contributed by atoms with Gasteiger partial charge in [-0.05, 0) is 44.0 Å². The molecule has 2 N–H and O–H groups in total. The minimum Gasteiger partial charge on any atom is -0.330 e. The molecule has 0 amide bonds. The second kappa shape index (κ2) is 5.85. The third-order valence-electron chi connectivity index (χ3n) is 3.14. The molecular weight excluding hydrogens is 236 g/mol. The van der Waals surface area contributed by atoms with Crippen LogP contribution in [0.5, 0.6) is 0 Å². The molecule has 0 fully saturated rings. The molecule has 0 saturated carbocycles. The summed E-state index contributed by atoms with van der Waals surface area (Å²) in [6.45, 7) is 5.44. The van der Waals surface area contributed by atoms with E-state index in [-0.39, 0.29) is 5.56 Å². The largest absolute Gasteiger partial charge is 0.330 e. The smallest absolute Gasteiger partial charge is 0.250 e. The number of aromatic nitrogens is 1. The summed E-state index contributed by atoms with van der Waals surface area (Å²) in [5, 5.41) is 0. The van der Waals surface area contributed by atoms with E-state index in [1.165, 1.54) is 11.1 Å². The van der Waals surface area contributed by atoms with Gasteiger partial charge in [0.25, 0.3) is 5.56 Å². The number of pyridine rings is 1. The van der Waals surface area contributed by atoms with Crippen LogP contribution in [0.4, 0.5) is 0 Å². The zero-order valence-electron chi connectivity index (χ0n) is 11.5. The van der Waals surface area contributed by atoms with Crippen LogP contribution in [0, 0.1) is 13.8 Å². The van der Waals surface area contributed by atoms with E-state index in [0.717, 1.165) is 17.5 Å². The Kier molecular flexibility index (Phi) is 4.17. The van der Waals surface area contributed by atoms with E-state index in [4.69, 9.17) is 5.73 Å². The predicted octanol–water partition coefficient (Wildman–Crippen LogP) is 2.48. The van der Waals surface area contributed by atoms with Crippen molar-refractivity contribution in [2.75, 3.05) is 6.54 Å². The Labute approximate surface area is 113 Å². The summed E-state index contributed by atoms with van der Waals surface area (Å²) in [4.78, 5) is 11.8. The molecule has 1 heterocycles. The molecule has 0 aliphatic carbocycles. The number of hydrogen-bond donors (Lipinski definition) is 1. The highest BCUT2D eigenvalue weighted by Gasteiger charge is 2.03. The van der Waals surface area contributed by atoms with Gasteiger partial charge in [-0.15, -0.1) is 0 Å².